The van der Waals surface area contributed by atoms with E-state index in [0.717, 1.165) is 16.7 Å². The molecule has 12 heteroatoms. The van der Waals surface area contributed by atoms with E-state index in [4.69, 9.17) is 47.5 Å². The van der Waals surface area contributed by atoms with Gasteiger partial charge in [0.1, 0.15) is 12.6 Å². The molecule has 4 aromatic rings. The van der Waals surface area contributed by atoms with Gasteiger partial charge < -0.3 is 19.5 Å². The number of hydrogen-bond acceptors (Lipinski definition) is 8. The zero-order valence-corrected chi connectivity index (χ0v) is 27.8. The van der Waals surface area contributed by atoms with Crippen LogP contribution < -0.4 is 14.8 Å². The average Bonchev–Trinajstić information content (AvgIpc) is 3.37. The van der Waals surface area contributed by atoms with Crippen molar-refractivity contribution >= 4 is 62.8 Å². The van der Waals surface area contributed by atoms with E-state index in [1.54, 1.807) is 11.8 Å². The van der Waals surface area contributed by atoms with Gasteiger partial charge in [-0.2, -0.15) is 4.98 Å². The normalized spacial score (nSPS) is 14.4. The number of carbonyl (C=O) groups is 1. The molecule has 0 spiro atoms. The Morgan fingerprint density at radius 1 is 1.09 bits per heavy atom. The van der Waals surface area contributed by atoms with E-state index in [0.29, 0.717) is 54.1 Å². The molecule has 1 atom stereocenters. The summed E-state index contributed by atoms with van der Waals surface area (Å²) in [4.78, 5) is 18.2. The molecule has 1 aliphatic heterocycles. The molecule has 5 rings (SSSR count). The number of nitrogens with zero attached hydrogens (tertiary/aromatic N) is 3. The van der Waals surface area contributed by atoms with E-state index < -0.39 is 12.0 Å². The van der Waals surface area contributed by atoms with Crippen molar-refractivity contribution < 1.29 is 19.0 Å². The van der Waals surface area contributed by atoms with Gasteiger partial charge in [-0.3, -0.25) is 0 Å². The van der Waals surface area contributed by atoms with Crippen molar-refractivity contribution in [2.45, 2.75) is 50.4 Å². The number of methoxy groups -OCH3 is 1. The van der Waals surface area contributed by atoms with E-state index in [1.165, 1.54) is 11.8 Å². The van der Waals surface area contributed by atoms with Gasteiger partial charge in [0.05, 0.1) is 23.3 Å². The highest BCUT2D eigenvalue weighted by Crippen LogP contribution is 2.44. The van der Waals surface area contributed by atoms with E-state index >= 15 is 0 Å². The van der Waals surface area contributed by atoms with Gasteiger partial charge in [0.2, 0.25) is 11.1 Å². The number of thioether (sulfide) groups is 1. The summed E-state index contributed by atoms with van der Waals surface area (Å²) >= 11 is 17.8. The van der Waals surface area contributed by atoms with Crippen molar-refractivity contribution in [3.63, 3.8) is 0 Å². The van der Waals surface area contributed by atoms with Crippen LogP contribution in [0.3, 0.4) is 0 Å². The van der Waals surface area contributed by atoms with Gasteiger partial charge in [-0.05, 0) is 72.1 Å². The second-order valence-corrected chi connectivity index (χ2v) is 12.6. The van der Waals surface area contributed by atoms with Crippen LogP contribution in [0.4, 0.5) is 5.95 Å². The number of allylic oxidation sites excluding steroid dienone is 1. The molecule has 0 bridgehead atoms. The van der Waals surface area contributed by atoms with Gasteiger partial charge in [-0.1, -0.05) is 71.4 Å². The van der Waals surface area contributed by atoms with Crippen LogP contribution in [0, 0.1) is 0 Å². The summed E-state index contributed by atoms with van der Waals surface area (Å²) in [7, 11) is 1.57. The number of halogens is 3. The molecule has 0 amide bonds. The lowest BCUT2D eigenvalue weighted by molar-refractivity contribution is -0.143. The van der Waals surface area contributed by atoms with Gasteiger partial charge in [0.25, 0.3) is 0 Å². The van der Waals surface area contributed by atoms with Gasteiger partial charge >= 0.3 is 5.97 Å². The molecule has 3 aromatic carbocycles. The van der Waals surface area contributed by atoms with Crippen LogP contribution in [-0.2, 0) is 21.9 Å². The number of rotatable bonds is 10. The topological polar surface area (TPSA) is 87.5 Å². The number of anilines is 1. The first kappa shape index (κ1) is 31.3. The zero-order valence-electron chi connectivity index (χ0n) is 23.9. The monoisotopic (exact) mass is 702 g/mol. The quantitative estimate of drug-likeness (QED) is 0.130. The highest BCUT2D eigenvalue weighted by molar-refractivity contribution is 9.10. The van der Waals surface area contributed by atoms with Crippen molar-refractivity contribution in [2.24, 2.45) is 0 Å². The van der Waals surface area contributed by atoms with Crippen molar-refractivity contribution in [2.75, 3.05) is 12.4 Å². The molecular formula is C31H29BrCl2N4O4S. The number of ether oxygens (including phenoxy) is 3. The van der Waals surface area contributed by atoms with Crippen LogP contribution in [0.1, 0.15) is 43.5 Å². The van der Waals surface area contributed by atoms with Gasteiger partial charge in [-0.15, -0.1) is 5.10 Å². The minimum absolute atomic E-state index is 0.242. The fourth-order valence-electron chi connectivity index (χ4n) is 4.60. The highest BCUT2D eigenvalue weighted by atomic mass is 79.9. The van der Waals surface area contributed by atoms with Crippen LogP contribution in [0.25, 0.3) is 0 Å². The Labute approximate surface area is 272 Å². The molecule has 0 saturated heterocycles. The SMILES string of the molecule is COc1cc(C2C(C(=O)OC(C)C)=C(C)Nc3nc(SCc4ccccc4Cl)nn32)cc(Br)c1OCc1ccccc1Cl. The fourth-order valence-corrected chi connectivity index (χ4v) is 6.48. The van der Waals surface area contributed by atoms with E-state index in [-0.39, 0.29) is 12.7 Å². The Hall–Kier alpha value is -3.18. The van der Waals surface area contributed by atoms with Crippen molar-refractivity contribution in [1.29, 1.82) is 0 Å². The molecule has 1 aromatic heterocycles. The molecule has 2 heterocycles. The molecule has 0 fully saturated rings. The summed E-state index contributed by atoms with van der Waals surface area (Å²) in [6.07, 6.45) is -0.311. The molecule has 1 N–H and O–H groups in total. The standard InChI is InChI=1S/C31H29BrCl2N4O4S/c1-17(2)42-29(39)26-18(3)35-30-36-31(43-16-20-10-6-8-12-24(20)34)37-38(30)27(26)21-13-22(32)28(25(14-21)40-4)41-15-19-9-5-7-11-23(19)33/h5-14,17,27H,15-16H2,1-4H3,(H,35,36,37). The molecule has 0 radical (unpaired) electrons. The Morgan fingerprint density at radius 2 is 1.77 bits per heavy atom. The van der Waals surface area contributed by atoms with Crippen LogP contribution in [0.15, 0.2) is 81.6 Å². The summed E-state index contributed by atoms with van der Waals surface area (Å²) in [5, 5.41) is 9.88. The second-order valence-electron chi connectivity index (χ2n) is 9.98. The number of carbonyl (C=O) groups excluding carboxylic acids is 1. The van der Waals surface area contributed by atoms with Crippen molar-refractivity contribution in [3.05, 3.63) is 103 Å². The third kappa shape index (κ3) is 6.98. The van der Waals surface area contributed by atoms with Gasteiger partial charge in [-0.25, -0.2) is 9.48 Å². The van der Waals surface area contributed by atoms with Crippen LogP contribution in [0.5, 0.6) is 11.5 Å². The first-order valence-electron chi connectivity index (χ1n) is 13.4. The summed E-state index contributed by atoms with van der Waals surface area (Å²) in [5.41, 5.74) is 3.56. The lowest BCUT2D eigenvalue weighted by atomic mass is 9.95. The molecule has 224 valence electrons. The maximum Gasteiger partial charge on any atom is 0.338 e. The highest BCUT2D eigenvalue weighted by Gasteiger charge is 2.36. The molecule has 1 aliphatic rings. The molecule has 0 saturated carbocycles. The van der Waals surface area contributed by atoms with Gasteiger partial charge in [0.15, 0.2) is 11.5 Å². The molecule has 1 unspecified atom stereocenters. The first-order valence-corrected chi connectivity index (χ1v) is 15.9. The predicted molar refractivity (Wildman–Crippen MR) is 173 cm³/mol. The fraction of sp³-hybridized carbons (Fsp3) is 0.258. The number of esters is 1. The second kappa shape index (κ2) is 13.6. The van der Waals surface area contributed by atoms with E-state index in [1.807, 2.05) is 81.4 Å². The van der Waals surface area contributed by atoms with E-state index in [2.05, 4.69) is 21.2 Å². The lowest BCUT2D eigenvalue weighted by Gasteiger charge is -2.29. The lowest BCUT2D eigenvalue weighted by Crippen LogP contribution is -2.30. The Kier molecular flexibility index (Phi) is 9.91. The minimum Gasteiger partial charge on any atom is -0.493 e. The molecular weight excluding hydrogens is 675 g/mol. The summed E-state index contributed by atoms with van der Waals surface area (Å²) in [6, 6.07) is 18.2. The summed E-state index contributed by atoms with van der Waals surface area (Å²) < 4.78 is 19.9. The number of benzene rings is 3. The third-order valence-electron chi connectivity index (χ3n) is 6.61. The maximum absolute atomic E-state index is 13.5. The Morgan fingerprint density at radius 3 is 2.42 bits per heavy atom. The number of aromatic nitrogens is 3. The smallest absolute Gasteiger partial charge is 0.338 e. The molecule has 8 nitrogen and oxygen atoms in total. The number of nitrogens with one attached hydrogen (secondary N) is 1. The minimum atomic E-state index is -0.660. The van der Waals surface area contributed by atoms with E-state index in [9.17, 15) is 4.79 Å². The first-order chi connectivity index (χ1) is 20.7. The van der Waals surface area contributed by atoms with Crippen LogP contribution >= 0.6 is 50.9 Å². The molecule has 0 aliphatic carbocycles. The largest absolute Gasteiger partial charge is 0.493 e. The Balaban J connectivity index is 1.52. The zero-order chi connectivity index (χ0) is 30.7. The van der Waals surface area contributed by atoms with Crippen LogP contribution in [-0.4, -0.2) is 33.9 Å². The van der Waals surface area contributed by atoms with Crippen LogP contribution in [0.2, 0.25) is 10.0 Å². The van der Waals surface area contributed by atoms with Crippen molar-refractivity contribution in [1.82, 2.24) is 14.8 Å². The number of fused-ring (bicyclic) bond motifs is 1. The molecule has 43 heavy (non-hydrogen) atoms. The van der Waals surface area contributed by atoms with Crippen molar-refractivity contribution in [3.8, 4) is 11.5 Å². The predicted octanol–water partition coefficient (Wildman–Crippen LogP) is 8.47. The Bertz CT molecular complexity index is 1690. The summed E-state index contributed by atoms with van der Waals surface area (Å²) in [5.74, 6) is 1.60. The average molecular weight is 704 g/mol. The maximum atomic E-state index is 13.5. The third-order valence-corrected chi connectivity index (χ3v) is 8.82. The van der Waals surface area contributed by atoms with Gasteiger partial charge in [0, 0.05) is 27.1 Å². The summed E-state index contributed by atoms with van der Waals surface area (Å²) in [6.45, 7) is 5.69. The number of hydrogen-bond donors (Lipinski definition) is 1.